The van der Waals surface area contributed by atoms with Gasteiger partial charge in [0.15, 0.2) is 0 Å². The van der Waals surface area contributed by atoms with E-state index in [2.05, 4.69) is 18.0 Å². The molecule has 2 aliphatic rings. The lowest BCUT2D eigenvalue weighted by Gasteiger charge is -2.44. The van der Waals surface area contributed by atoms with Gasteiger partial charge in [0.05, 0.1) is 6.61 Å². The van der Waals surface area contributed by atoms with Gasteiger partial charge in [-0.05, 0) is 6.07 Å². The molecule has 0 saturated carbocycles. The van der Waals surface area contributed by atoms with E-state index in [0.29, 0.717) is 6.61 Å². The van der Waals surface area contributed by atoms with Gasteiger partial charge < -0.3 is 9.84 Å². The molecule has 0 bridgehead atoms. The summed E-state index contributed by atoms with van der Waals surface area (Å²) >= 11 is 2.98. The zero-order chi connectivity index (χ0) is 13.0. The minimum atomic E-state index is -0.0780. The van der Waals surface area contributed by atoms with Crippen molar-refractivity contribution in [1.29, 1.82) is 0 Å². The predicted molar refractivity (Wildman–Crippen MR) is 74.2 cm³/mol. The Hall–Kier alpha value is -1.20. The number of nitrogens with zero attached hydrogens (tertiary/aromatic N) is 1. The minimum Gasteiger partial charge on any atom is -0.851 e. The first-order valence-corrected chi connectivity index (χ1v) is 8.00. The summed E-state index contributed by atoms with van der Waals surface area (Å²) in [4.78, 5) is 5.26. The highest BCUT2D eigenvalue weighted by Gasteiger charge is 2.46. The van der Waals surface area contributed by atoms with Gasteiger partial charge in [0.25, 0.3) is 0 Å². The van der Waals surface area contributed by atoms with Crippen LogP contribution in [0.4, 0.5) is 0 Å². The van der Waals surface area contributed by atoms with Gasteiger partial charge in [-0.25, -0.2) is 4.98 Å². The molecule has 0 unspecified atom stereocenters. The lowest BCUT2D eigenvalue weighted by Crippen LogP contribution is -2.40. The molecule has 0 spiro atoms. The van der Waals surface area contributed by atoms with Gasteiger partial charge in [0, 0.05) is 32.7 Å². The Kier molecular flexibility index (Phi) is 2.38. The van der Waals surface area contributed by atoms with Crippen LogP contribution in [0.15, 0.2) is 29.3 Å². The van der Waals surface area contributed by atoms with Crippen LogP contribution in [-0.4, -0.2) is 17.3 Å². The van der Waals surface area contributed by atoms with E-state index in [0.717, 1.165) is 21.4 Å². The smallest absolute Gasteiger partial charge is 0.123 e. The SMILES string of the molecule is C[C@]12COc3ccccc3[C@@H]1c1sc([O-])nc1SC2. The first kappa shape index (κ1) is 11.6. The number of aromatic nitrogens is 1. The fourth-order valence-electron chi connectivity index (χ4n) is 2.95. The number of hydrogen-bond acceptors (Lipinski definition) is 5. The molecule has 0 fully saturated rings. The Balaban J connectivity index is 1.95. The fraction of sp³-hybridized carbons (Fsp3) is 0.357. The van der Waals surface area contributed by atoms with Crippen LogP contribution in [0.3, 0.4) is 0 Å². The van der Waals surface area contributed by atoms with Crippen molar-refractivity contribution in [2.45, 2.75) is 17.9 Å². The molecule has 0 saturated heterocycles. The summed E-state index contributed by atoms with van der Waals surface area (Å²) in [6.45, 7) is 2.95. The Morgan fingerprint density at radius 2 is 2.26 bits per heavy atom. The van der Waals surface area contributed by atoms with Gasteiger partial charge in [0.2, 0.25) is 0 Å². The largest absolute Gasteiger partial charge is 0.851 e. The molecule has 19 heavy (non-hydrogen) atoms. The average Bonchev–Trinajstić information content (AvgIpc) is 2.78. The van der Waals surface area contributed by atoms with E-state index in [1.54, 1.807) is 11.8 Å². The summed E-state index contributed by atoms with van der Waals surface area (Å²) in [5, 5.41) is 12.5. The summed E-state index contributed by atoms with van der Waals surface area (Å²) in [5.41, 5.74) is 1.24. The number of ether oxygens (including phenoxy) is 1. The van der Waals surface area contributed by atoms with E-state index in [9.17, 15) is 5.11 Å². The highest BCUT2D eigenvalue weighted by Crippen LogP contribution is 2.57. The molecule has 0 amide bonds. The molecule has 0 radical (unpaired) electrons. The van der Waals surface area contributed by atoms with E-state index in [4.69, 9.17) is 4.74 Å². The van der Waals surface area contributed by atoms with Crippen molar-refractivity contribution < 1.29 is 9.84 Å². The maximum absolute atomic E-state index is 11.6. The normalized spacial score (nSPS) is 27.9. The van der Waals surface area contributed by atoms with Crippen molar-refractivity contribution in [3.63, 3.8) is 0 Å². The van der Waals surface area contributed by atoms with Crippen molar-refractivity contribution >= 4 is 23.1 Å². The summed E-state index contributed by atoms with van der Waals surface area (Å²) in [5.74, 6) is 2.14. The molecule has 1 aromatic carbocycles. The second-order valence-electron chi connectivity index (χ2n) is 5.35. The molecular formula is C14H12NO2S2-. The second kappa shape index (κ2) is 3.90. The van der Waals surface area contributed by atoms with Crippen LogP contribution in [0, 0.1) is 5.41 Å². The van der Waals surface area contributed by atoms with Crippen molar-refractivity contribution in [3.05, 3.63) is 34.7 Å². The average molecular weight is 290 g/mol. The van der Waals surface area contributed by atoms with Gasteiger partial charge in [-0.2, -0.15) is 0 Å². The number of para-hydroxylation sites is 1. The summed E-state index contributed by atoms with van der Waals surface area (Å²) in [6.07, 6.45) is 0. The molecule has 1 aromatic heterocycles. The van der Waals surface area contributed by atoms with Crippen LogP contribution in [0.25, 0.3) is 0 Å². The third kappa shape index (κ3) is 1.61. The molecular weight excluding hydrogens is 278 g/mol. The number of rotatable bonds is 0. The Labute approximate surface area is 119 Å². The number of benzene rings is 1. The monoisotopic (exact) mass is 290 g/mol. The van der Waals surface area contributed by atoms with Crippen molar-refractivity contribution in [2.24, 2.45) is 5.41 Å². The first-order valence-electron chi connectivity index (χ1n) is 6.20. The molecule has 2 atom stereocenters. The standard InChI is InChI=1S/C14H13NO2S2/c1-14-6-17-9-5-3-2-4-8(9)10(14)11-12(18-7-14)15-13(16)19-11/h2-5,10H,6-7H2,1H3,(H,15,16)/p-1/t10-,14-/m1/s1. The van der Waals surface area contributed by atoms with E-state index >= 15 is 0 Å². The van der Waals surface area contributed by atoms with Gasteiger partial charge in [-0.3, -0.25) is 0 Å². The Bertz CT molecular complexity index is 655. The molecule has 0 N–H and O–H groups in total. The molecule has 2 aromatic rings. The maximum atomic E-state index is 11.6. The van der Waals surface area contributed by atoms with Crippen LogP contribution < -0.4 is 9.84 Å². The third-order valence-electron chi connectivity index (χ3n) is 3.89. The number of fused-ring (bicyclic) bond motifs is 5. The highest BCUT2D eigenvalue weighted by molar-refractivity contribution is 7.99. The summed E-state index contributed by atoms with van der Waals surface area (Å²) in [7, 11) is 0. The zero-order valence-corrected chi connectivity index (χ0v) is 12.0. The number of thioether (sulfide) groups is 1. The molecule has 3 nitrogen and oxygen atoms in total. The van der Waals surface area contributed by atoms with Crippen molar-refractivity contribution in [2.75, 3.05) is 12.4 Å². The minimum absolute atomic E-state index is 0.0466. The Morgan fingerprint density at radius 3 is 3.16 bits per heavy atom. The first-order chi connectivity index (χ1) is 9.17. The maximum Gasteiger partial charge on any atom is 0.123 e. The fourth-order valence-corrected chi connectivity index (χ4v) is 5.42. The number of thiazole rings is 1. The van der Waals surface area contributed by atoms with Gasteiger partial charge in [0.1, 0.15) is 10.8 Å². The Morgan fingerprint density at radius 1 is 1.42 bits per heavy atom. The lowest BCUT2D eigenvalue weighted by atomic mass is 9.72. The van der Waals surface area contributed by atoms with Gasteiger partial charge in [-0.1, -0.05) is 25.1 Å². The van der Waals surface area contributed by atoms with Crippen molar-refractivity contribution in [1.82, 2.24) is 4.98 Å². The molecule has 0 aliphatic carbocycles. The topological polar surface area (TPSA) is 45.2 Å². The third-order valence-corrected chi connectivity index (χ3v) is 6.32. The number of hydrogen-bond donors (Lipinski definition) is 0. The van der Waals surface area contributed by atoms with E-state index in [-0.39, 0.29) is 16.5 Å². The van der Waals surface area contributed by atoms with Gasteiger partial charge in [-0.15, -0.1) is 23.1 Å². The van der Waals surface area contributed by atoms with Crippen molar-refractivity contribution in [3.8, 4) is 10.9 Å². The van der Waals surface area contributed by atoms with Gasteiger partial charge >= 0.3 is 0 Å². The molecule has 2 aliphatic heterocycles. The van der Waals surface area contributed by atoms with Crippen LogP contribution in [0.5, 0.6) is 10.9 Å². The molecule has 5 heteroatoms. The van der Waals surface area contributed by atoms with Crippen LogP contribution >= 0.6 is 23.1 Å². The van der Waals surface area contributed by atoms with Crippen LogP contribution in [0.1, 0.15) is 23.3 Å². The van der Waals surface area contributed by atoms with Crippen LogP contribution in [-0.2, 0) is 0 Å². The highest BCUT2D eigenvalue weighted by atomic mass is 32.2. The summed E-state index contributed by atoms with van der Waals surface area (Å²) < 4.78 is 5.91. The van der Waals surface area contributed by atoms with E-state index in [1.807, 2.05) is 18.2 Å². The molecule has 3 heterocycles. The molecule has 98 valence electrons. The second-order valence-corrected chi connectivity index (χ2v) is 7.31. The zero-order valence-electron chi connectivity index (χ0n) is 10.4. The lowest BCUT2D eigenvalue weighted by molar-refractivity contribution is -0.268. The van der Waals surface area contributed by atoms with E-state index in [1.165, 1.54) is 16.9 Å². The van der Waals surface area contributed by atoms with E-state index < -0.39 is 0 Å². The molecule has 4 rings (SSSR count). The van der Waals surface area contributed by atoms with Crippen LogP contribution in [0.2, 0.25) is 0 Å². The quantitative estimate of drug-likeness (QED) is 0.748. The summed E-state index contributed by atoms with van der Waals surface area (Å²) in [6, 6.07) is 8.15. The predicted octanol–water partition coefficient (Wildman–Crippen LogP) is 2.85.